The Bertz CT molecular complexity index is 860. The lowest BCUT2D eigenvalue weighted by Gasteiger charge is -2.64. The first-order valence-electron chi connectivity index (χ1n) is 18.0. The second-order valence-corrected chi connectivity index (χ2v) is 16.0. The molecule has 5 nitrogen and oxygen atoms in total. The number of hydrogen-bond donors (Lipinski definition) is 3. The van der Waals surface area contributed by atoms with Crippen LogP contribution < -0.4 is 5.32 Å². The van der Waals surface area contributed by atoms with Gasteiger partial charge in [0, 0.05) is 13.0 Å². The highest BCUT2D eigenvalue weighted by atomic mass is 16.3. The van der Waals surface area contributed by atoms with E-state index in [9.17, 15) is 15.0 Å². The molecule has 3 N–H and O–H groups in total. The number of nitrogens with zero attached hydrogens (tertiary/aromatic N) is 1. The van der Waals surface area contributed by atoms with Crippen molar-refractivity contribution in [2.24, 2.45) is 52.3 Å². The van der Waals surface area contributed by atoms with Gasteiger partial charge in [-0.05, 0) is 149 Å². The van der Waals surface area contributed by atoms with Crippen molar-refractivity contribution in [1.82, 2.24) is 10.2 Å². The molecule has 5 fully saturated rings. The van der Waals surface area contributed by atoms with Gasteiger partial charge < -0.3 is 20.4 Å². The van der Waals surface area contributed by atoms with Gasteiger partial charge in [0.15, 0.2) is 0 Å². The number of rotatable bonds is 11. The summed E-state index contributed by atoms with van der Waals surface area (Å²) in [7, 11) is 0. The highest BCUT2D eigenvalue weighted by molar-refractivity contribution is 5.75. The van der Waals surface area contributed by atoms with E-state index in [0.717, 1.165) is 45.1 Å². The van der Waals surface area contributed by atoms with Crippen LogP contribution in [0.5, 0.6) is 0 Å². The minimum absolute atomic E-state index is 0.182. The summed E-state index contributed by atoms with van der Waals surface area (Å²) in [4.78, 5) is 15.3. The van der Waals surface area contributed by atoms with Crippen LogP contribution in [-0.4, -0.2) is 59.4 Å². The van der Waals surface area contributed by atoms with E-state index in [1.54, 1.807) is 0 Å². The molecule has 0 bridgehead atoms. The van der Waals surface area contributed by atoms with Gasteiger partial charge >= 0.3 is 0 Å². The molecular formula is C36H64N2O3. The van der Waals surface area contributed by atoms with Crippen LogP contribution in [0.15, 0.2) is 0 Å². The van der Waals surface area contributed by atoms with Crippen LogP contribution in [0, 0.1) is 52.3 Å². The topological polar surface area (TPSA) is 72.8 Å². The van der Waals surface area contributed by atoms with Gasteiger partial charge in [0.05, 0.1) is 12.2 Å². The van der Waals surface area contributed by atoms with E-state index in [1.165, 1.54) is 77.4 Å². The minimum Gasteiger partial charge on any atom is -0.393 e. The highest BCUT2D eigenvalue weighted by Gasteiger charge is 2.64. The lowest BCUT2D eigenvalue weighted by Crippen LogP contribution is -2.62. The molecule has 0 aromatic rings. The van der Waals surface area contributed by atoms with Gasteiger partial charge in [-0.3, -0.25) is 4.79 Å². The summed E-state index contributed by atoms with van der Waals surface area (Å²) in [6.45, 7) is 14.4. The Labute approximate surface area is 252 Å². The van der Waals surface area contributed by atoms with Gasteiger partial charge in [0.2, 0.25) is 5.91 Å². The van der Waals surface area contributed by atoms with Crippen molar-refractivity contribution in [1.29, 1.82) is 0 Å². The number of amides is 1. The van der Waals surface area contributed by atoms with E-state index < -0.39 is 0 Å². The van der Waals surface area contributed by atoms with Crippen LogP contribution in [0.3, 0.4) is 0 Å². The van der Waals surface area contributed by atoms with E-state index in [-0.39, 0.29) is 28.9 Å². The fourth-order valence-corrected chi connectivity index (χ4v) is 11.6. The Morgan fingerprint density at radius 2 is 1.66 bits per heavy atom. The molecule has 1 heterocycles. The van der Waals surface area contributed by atoms with Crippen molar-refractivity contribution >= 4 is 5.91 Å². The summed E-state index contributed by atoms with van der Waals surface area (Å²) in [5.74, 6) is 3.82. The Morgan fingerprint density at radius 3 is 2.41 bits per heavy atom. The zero-order valence-electron chi connectivity index (χ0n) is 27.1. The molecule has 4 aliphatic carbocycles. The lowest BCUT2D eigenvalue weighted by molar-refractivity contribution is -0.203. The first-order valence-corrected chi connectivity index (χ1v) is 18.0. The summed E-state index contributed by atoms with van der Waals surface area (Å²) in [6.07, 6.45) is 17.9. The molecule has 4 saturated carbocycles. The molecule has 5 rings (SSSR count). The van der Waals surface area contributed by atoms with E-state index in [2.05, 4.69) is 37.9 Å². The maximum atomic E-state index is 12.7. The first-order chi connectivity index (χ1) is 19.7. The molecule has 11 atom stereocenters. The Hall–Kier alpha value is -0.650. The largest absolute Gasteiger partial charge is 0.393 e. The highest BCUT2D eigenvalue weighted by Crippen LogP contribution is 2.69. The zero-order valence-corrected chi connectivity index (χ0v) is 27.1. The molecular weight excluding hydrogens is 508 g/mol. The Morgan fingerprint density at radius 1 is 0.927 bits per heavy atom. The fourth-order valence-electron chi connectivity index (χ4n) is 11.6. The molecule has 1 aliphatic heterocycles. The molecule has 41 heavy (non-hydrogen) atoms. The summed E-state index contributed by atoms with van der Waals surface area (Å²) in [5.41, 5.74) is 0.544. The van der Waals surface area contributed by atoms with Gasteiger partial charge in [-0.15, -0.1) is 0 Å². The van der Waals surface area contributed by atoms with Crippen molar-refractivity contribution in [3.8, 4) is 0 Å². The van der Waals surface area contributed by atoms with Gasteiger partial charge in [-0.1, -0.05) is 47.0 Å². The normalized spacial score (nSPS) is 43.6. The van der Waals surface area contributed by atoms with Gasteiger partial charge in [-0.2, -0.15) is 0 Å². The third kappa shape index (κ3) is 6.44. The third-order valence-electron chi connectivity index (χ3n) is 13.9. The van der Waals surface area contributed by atoms with Crippen LogP contribution >= 0.6 is 0 Å². The van der Waals surface area contributed by atoms with Crippen LogP contribution in [-0.2, 0) is 4.79 Å². The number of likely N-dealkylation sites (tertiary alicyclic amines) is 1. The number of carbonyl (C=O) groups excluding carboxylic acids is 1. The molecule has 0 aromatic heterocycles. The number of nitrogens with one attached hydrogen (secondary N) is 1. The number of piperidine rings is 1. The fraction of sp³-hybridized carbons (Fsp3) is 0.972. The maximum absolute atomic E-state index is 12.7. The predicted octanol–water partition coefficient (Wildman–Crippen LogP) is 6.80. The molecule has 0 unspecified atom stereocenters. The summed E-state index contributed by atoms with van der Waals surface area (Å²) in [6, 6.07) is 0. The lowest BCUT2D eigenvalue weighted by atomic mass is 9.41. The molecule has 1 amide bonds. The van der Waals surface area contributed by atoms with Crippen LogP contribution in [0.25, 0.3) is 0 Å². The second kappa shape index (κ2) is 13.6. The molecule has 0 radical (unpaired) electrons. The molecule has 236 valence electrons. The van der Waals surface area contributed by atoms with Crippen molar-refractivity contribution in [3.05, 3.63) is 0 Å². The standard InChI is InChI=1S/C36H64N2O3/c1-5-27-31-24-26(39)16-18-36(31,4)30-17-19-35(3)28(13-14-29(35)33(30)34(27)41)25(2)12-15-32(40)37-20-8-6-9-21-38-22-10-7-11-23-38/h25-31,33-34,39,41H,5-24H2,1-4H3,(H,37,40)/t25-,26-,27-,28-,29+,30+,31+,33+,34-,35-,36-/m1/s1. The van der Waals surface area contributed by atoms with Gasteiger partial charge in [-0.25, -0.2) is 0 Å². The average Bonchev–Trinajstić information content (AvgIpc) is 3.32. The quantitative estimate of drug-likeness (QED) is 0.238. The van der Waals surface area contributed by atoms with E-state index in [1.807, 2.05) is 0 Å². The first kappa shape index (κ1) is 31.8. The zero-order chi connectivity index (χ0) is 29.2. The minimum atomic E-state index is -0.224. The number of carbonyl (C=O) groups is 1. The number of aliphatic hydroxyl groups is 2. The number of hydrogen-bond acceptors (Lipinski definition) is 4. The SMILES string of the molecule is CC[C@H]1[C@@H](O)[C@@H]2[C@H](CC[C@]3(C)[C@@H]([C@H](C)CCC(=O)NCCCCCN4CCCCC4)CC[C@@H]23)[C@@]2(C)CC[C@@H](O)C[C@@H]12. The smallest absolute Gasteiger partial charge is 0.220 e. The van der Waals surface area contributed by atoms with Crippen molar-refractivity contribution < 1.29 is 15.0 Å². The molecule has 5 aliphatic rings. The Balaban J connectivity index is 1.10. The molecule has 5 heteroatoms. The van der Waals surface area contributed by atoms with E-state index in [0.29, 0.717) is 47.8 Å². The third-order valence-corrected chi connectivity index (χ3v) is 13.9. The van der Waals surface area contributed by atoms with Crippen molar-refractivity contribution in [2.75, 3.05) is 26.2 Å². The van der Waals surface area contributed by atoms with Crippen LogP contribution in [0.2, 0.25) is 0 Å². The van der Waals surface area contributed by atoms with Crippen LogP contribution in [0.4, 0.5) is 0 Å². The summed E-state index contributed by atoms with van der Waals surface area (Å²) < 4.78 is 0. The Kier molecular flexibility index (Phi) is 10.5. The predicted molar refractivity (Wildman–Crippen MR) is 167 cm³/mol. The summed E-state index contributed by atoms with van der Waals surface area (Å²) >= 11 is 0. The molecule has 1 saturated heterocycles. The number of unbranched alkanes of at least 4 members (excludes halogenated alkanes) is 2. The summed E-state index contributed by atoms with van der Waals surface area (Å²) in [5, 5.41) is 25.7. The van der Waals surface area contributed by atoms with Gasteiger partial charge in [0.25, 0.3) is 0 Å². The molecule has 0 spiro atoms. The van der Waals surface area contributed by atoms with Crippen molar-refractivity contribution in [2.45, 2.75) is 143 Å². The van der Waals surface area contributed by atoms with Crippen molar-refractivity contribution in [3.63, 3.8) is 0 Å². The second-order valence-electron chi connectivity index (χ2n) is 16.0. The molecule has 0 aromatic carbocycles. The number of fused-ring (bicyclic) bond motifs is 5. The average molecular weight is 573 g/mol. The van der Waals surface area contributed by atoms with E-state index in [4.69, 9.17) is 0 Å². The van der Waals surface area contributed by atoms with E-state index >= 15 is 0 Å². The maximum Gasteiger partial charge on any atom is 0.220 e. The van der Waals surface area contributed by atoms with Gasteiger partial charge in [0.1, 0.15) is 0 Å². The monoisotopic (exact) mass is 572 g/mol. The van der Waals surface area contributed by atoms with Crippen LogP contribution in [0.1, 0.15) is 130 Å². The number of aliphatic hydroxyl groups excluding tert-OH is 2.